The molecule has 1 amide bonds. The van der Waals surface area contributed by atoms with Gasteiger partial charge in [-0.05, 0) is 24.6 Å². The Bertz CT molecular complexity index is 872. The molecule has 0 saturated carbocycles. The van der Waals surface area contributed by atoms with E-state index in [4.69, 9.17) is 0 Å². The van der Waals surface area contributed by atoms with Crippen LogP contribution in [0.25, 0.3) is 0 Å². The summed E-state index contributed by atoms with van der Waals surface area (Å²) < 4.78 is 14.3. The smallest absolute Gasteiger partial charge is 0.237 e. The molecule has 3 rings (SSSR count). The second-order valence-corrected chi connectivity index (χ2v) is 8.01. The van der Waals surface area contributed by atoms with E-state index >= 15 is 0 Å². The summed E-state index contributed by atoms with van der Waals surface area (Å²) in [5.41, 5.74) is 1.32. The zero-order valence-electron chi connectivity index (χ0n) is 14.0. The molecule has 0 aliphatic heterocycles. The van der Waals surface area contributed by atoms with E-state index in [9.17, 15) is 9.18 Å². The number of rotatable bonds is 7. The molecule has 1 heterocycles. The summed E-state index contributed by atoms with van der Waals surface area (Å²) in [6, 6.07) is 16.1. The Balaban J connectivity index is 1.53. The maximum Gasteiger partial charge on any atom is 0.237 e. The molecule has 0 saturated heterocycles. The van der Waals surface area contributed by atoms with Gasteiger partial charge in [0.1, 0.15) is 5.82 Å². The summed E-state index contributed by atoms with van der Waals surface area (Å²) in [5, 5.41) is 14.2. The van der Waals surface area contributed by atoms with Crippen LogP contribution in [0.3, 0.4) is 0 Å². The minimum Gasteiger partial charge on any atom is -0.356 e. The number of para-hydroxylation sites is 1. The standard InChI is InChI=1S/C18H17FN4OS2/c1-12(16(24)21-15-10-6-5-9-14(15)19)25-18-23-22-17(26-18)20-11-13-7-3-2-4-8-13/h2-10,12H,11H2,1H3,(H,20,22)(H,21,24). The fraction of sp³-hybridized carbons (Fsp3) is 0.167. The molecule has 0 fully saturated rings. The van der Waals surface area contributed by atoms with E-state index in [0.29, 0.717) is 16.0 Å². The average molecular weight is 388 g/mol. The van der Waals surface area contributed by atoms with Gasteiger partial charge in [0.25, 0.3) is 0 Å². The molecule has 0 aliphatic rings. The van der Waals surface area contributed by atoms with Crippen molar-refractivity contribution in [1.82, 2.24) is 10.2 Å². The molecule has 2 aromatic carbocycles. The third-order valence-electron chi connectivity index (χ3n) is 3.47. The van der Waals surface area contributed by atoms with Crippen molar-refractivity contribution in [3.05, 3.63) is 66.0 Å². The normalized spacial score (nSPS) is 11.8. The maximum atomic E-state index is 13.6. The highest BCUT2D eigenvalue weighted by Crippen LogP contribution is 2.29. The first-order chi connectivity index (χ1) is 12.6. The molecule has 1 aromatic heterocycles. The lowest BCUT2D eigenvalue weighted by atomic mass is 10.2. The van der Waals surface area contributed by atoms with Crippen LogP contribution in [0, 0.1) is 5.82 Å². The lowest BCUT2D eigenvalue weighted by molar-refractivity contribution is -0.115. The van der Waals surface area contributed by atoms with Crippen molar-refractivity contribution in [3.8, 4) is 0 Å². The summed E-state index contributed by atoms with van der Waals surface area (Å²) in [7, 11) is 0. The molecule has 134 valence electrons. The Kier molecular flexibility index (Phi) is 6.19. The van der Waals surface area contributed by atoms with Gasteiger partial charge in [-0.2, -0.15) is 0 Å². The molecule has 5 nitrogen and oxygen atoms in total. The van der Waals surface area contributed by atoms with Gasteiger partial charge < -0.3 is 10.6 Å². The summed E-state index contributed by atoms with van der Waals surface area (Å²) in [6.45, 7) is 2.41. The number of carbonyl (C=O) groups excluding carboxylic acids is 1. The summed E-state index contributed by atoms with van der Waals surface area (Å²) in [5.74, 6) is -0.740. The number of anilines is 2. The Labute approximate surface area is 159 Å². The number of aromatic nitrogens is 2. The van der Waals surface area contributed by atoms with Gasteiger partial charge in [-0.25, -0.2) is 4.39 Å². The van der Waals surface area contributed by atoms with Gasteiger partial charge in [0, 0.05) is 6.54 Å². The monoisotopic (exact) mass is 388 g/mol. The van der Waals surface area contributed by atoms with Crippen LogP contribution in [0.15, 0.2) is 58.9 Å². The fourth-order valence-electron chi connectivity index (χ4n) is 2.10. The SMILES string of the molecule is CC(Sc1nnc(NCc2ccccc2)s1)C(=O)Nc1ccccc1F. The van der Waals surface area contributed by atoms with Gasteiger partial charge in [0.05, 0.1) is 10.9 Å². The van der Waals surface area contributed by atoms with Crippen LogP contribution in [-0.4, -0.2) is 21.4 Å². The number of hydrogen-bond acceptors (Lipinski definition) is 6. The lowest BCUT2D eigenvalue weighted by Crippen LogP contribution is -2.22. The topological polar surface area (TPSA) is 66.9 Å². The molecule has 3 aromatic rings. The Morgan fingerprint density at radius 1 is 1.15 bits per heavy atom. The fourth-order valence-corrected chi connectivity index (χ4v) is 4.00. The predicted molar refractivity (Wildman–Crippen MR) is 104 cm³/mol. The van der Waals surface area contributed by atoms with Crippen LogP contribution < -0.4 is 10.6 Å². The first kappa shape index (κ1) is 18.3. The number of halogens is 1. The minimum atomic E-state index is -0.457. The first-order valence-electron chi connectivity index (χ1n) is 7.95. The van der Waals surface area contributed by atoms with E-state index in [0.717, 1.165) is 5.56 Å². The highest BCUT2D eigenvalue weighted by atomic mass is 32.2. The number of carbonyl (C=O) groups is 1. The Morgan fingerprint density at radius 3 is 2.65 bits per heavy atom. The molecule has 1 atom stereocenters. The van der Waals surface area contributed by atoms with E-state index in [2.05, 4.69) is 20.8 Å². The van der Waals surface area contributed by atoms with E-state index in [1.54, 1.807) is 19.1 Å². The molecule has 0 bridgehead atoms. The highest BCUT2D eigenvalue weighted by molar-refractivity contribution is 8.02. The van der Waals surface area contributed by atoms with Crippen LogP contribution in [-0.2, 0) is 11.3 Å². The quantitative estimate of drug-likeness (QED) is 0.587. The minimum absolute atomic E-state index is 0.174. The molecular weight excluding hydrogens is 371 g/mol. The second-order valence-electron chi connectivity index (χ2n) is 5.44. The number of nitrogens with zero attached hydrogens (tertiary/aromatic N) is 2. The number of benzene rings is 2. The summed E-state index contributed by atoms with van der Waals surface area (Å²) in [4.78, 5) is 12.2. The molecular formula is C18H17FN4OS2. The van der Waals surface area contributed by atoms with Crippen LogP contribution in [0.1, 0.15) is 12.5 Å². The number of amides is 1. The zero-order valence-corrected chi connectivity index (χ0v) is 15.6. The van der Waals surface area contributed by atoms with E-state index < -0.39 is 11.1 Å². The lowest BCUT2D eigenvalue weighted by Gasteiger charge is -2.10. The Morgan fingerprint density at radius 2 is 1.88 bits per heavy atom. The van der Waals surface area contributed by atoms with Gasteiger partial charge >= 0.3 is 0 Å². The predicted octanol–water partition coefficient (Wildman–Crippen LogP) is 4.41. The van der Waals surface area contributed by atoms with Crippen molar-refractivity contribution in [2.45, 2.75) is 23.1 Å². The first-order valence-corrected chi connectivity index (χ1v) is 9.65. The third-order valence-corrected chi connectivity index (χ3v) is 5.54. The van der Waals surface area contributed by atoms with Crippen molar-refractivity contribution < 1.29 is 9.18 Å². The van der Waals surface area contributed by atoms with Crippen LogP contribution >= 0.6 is 23.1 Å². The number of nitrogens with one attached hydrogen (secondary N) is 2. The Hall–Kier alpha value is -2.45. The second kappa shape index (κ2) is 8.77. The molecule has 0 spiro atoms. The van der Waals surface area contributed by atoms with Crippen molar-refractivity contribution >= 4 is 39.8 Å². The van der Waals surface area contributed by atoms with Crippen LogP contribution in [0.2, 0.25) is 0 Å². The average Bonchev–Trinajstić information content (AvgIpc) is 3.10. The maximum absolute atomic E-state index is 13.6. The zero-order chi connectivity index (χ0) is 18.4. The van der Waals surface area contributed by atoms with Gasteiger partial charge in [0.2, 0.25) is 11.0 Å². The molecule has 26 heavy (non-hydrogen) atoms. The van der Waals surface area contributed by atoms with Crippen LogP contribution in [0.5, 0.6) is 0 Å². The summed E-state index contributed by atoms with van der Waals surface area (Å²) in [6.07, 6.45) is 0. The largest absolute Gasteiger partial charge is 0.356 e. The van der Waals surface area contributed by atoms with Crippen molar-refractivity contribution in [2.24, 2.45) is 0 Å². The van der Waals surface area contributed by atoms with Crippen molar-refractivity contribution in [3.63, 3.8) is 0 Å². The van der Waals surface area contributed by atoms with Crippen molar-refractivity contribution in [1.29, 1.82) is 0 Å². The van der Waals surface area contributed by atoms with Gasteiger partial charge in [-0.15, -0.1) is 10.2 Å². The molecule has 2 N–H and O–H groups in total. The highest BCUT2D eigenvalue weighted by Gasteiger charge is 2.18. The molecule has 0 radical (unpaired) electrons. The van der Waals surface area contributed by atoms with Crippen LogP contribution in [0.4, 0.5) is 15.2 Å². The van der Waals surface area contributed by atoms with Gasteiger partial charge in [0.15, 0.2) is 4.34 Å². The molecule has 1 unspecified atom stereocenters. The van der Waals surface area contributed by atoms with Crippen molar-refractivity contribution in [2.75, 3.05) is 10.6 Å². The third kappa shape index (κ3) is 5.03. The number of hydrogen-bond donors (Lipinski definition) is 2. The summed E-state index contributed by atoms with van der Waals surface area (Å²) >= 11 is 2.67. The van der Waals surface area contributed by atoms with E-state index in [-0.39, 0.29) is 11.6 Å². The molecule has 0 aliphatic carbocycles. The van der Waals surface area contributed by atoms with Gasteiger partial charge in [-0.3, -0.25) is 4.79 Å². The van der Waals surface area contributed by atoms with Gasteiger partial charge in [-0.1, -0.05) is 65.6 Å². The molecule has 8 heteroatoms. The number of thioether (sulfide) groups is 1. The van der Waals surface area contributed by atoms with E-state index in [1.165, 1.54) is 35.2 Å². The van der Waals surface area contributed by atoms with E-state index in [1.807, 2.05) is 30.3 Å².